The van der Waals surface area contributed by atoms with Crippen LogP contribution in [0, 0.1) is 34.0 Å². The van der Waals surface area contributed by atoms with E-state index in [4.69, 9.17) is 14.2 Å². The lowest BCUT2D eigenvalue weighted by Crippen LogP contribution is -2.63. The molecule has 0 saturated heterocycles. The summed E-state index contributed by atoms with van der Waals surface area (Å²) in [6.45, 7) is 12.6. The normalized spacial score (nSPS) is 39.2. The molecule has 6 nitrogen and oxygen atoms in total. The summed E-state index contributed by atoms with van der Waals surface area (Å²) < 4.78 is 17.0. The molecule has 3 saturated carbocycles. The second kappa shape index (κ2) is 10.3. The number of hydrogen-bond donors (Lipinski definition) is 1. The van der Waals surface area contributed by atoms with Crippen molar-refractivity contribution in [3.05, 3.63) is 30.9 Å². The van der Waals surface area contributed by atoms with Gasteiger partial charge in [0.2, 0.25) is 0 Å². The number of aliphatic hydroxyl groups is 1. The molecule has 1 aromatic carbocycles. The van der Waals surface area contributed by atoms with Gasteiger partial charge < -0.3 is 19.3 Å². The van der Waals surface area contributed by atoms with Crippen LogP contribution in [-0.4, -0.2) is 49.0 Å². The van der Waals surface area contributed by atoms with Gasteiger partial charge in [0.15, 0.2) is 11.5 Å². The van der Waals surface area contributed by atoms with Gasteiger partial charge in [-0.15, -0.1) is 18.3 Å². The maximum Gasteiger partial charge on any atom is 0.316 e. The third-order valence-electron chi connectivity index (χ3n) is 10.3. The molecule has 1 aromatic rings. The molecule has 0 radical (unpaired) electrons. The molecule has 204 valence electrons. The maximum atomic E-state index is 13.5. The summed E-state index contributed by atoms with van der Waals surface area (Å²) in [4.78, 5) is 27.7. The van der Waals surface area contributed by atoms with Crippen molar-refractivity contribution >= 4 is 23.5 Å². The summed E-state index contributed by atoms with van der Waals surface area (Å²) in [7, 11) is 3.17. The van der Waals surface area contributed by atoms with Crippen LogP contribution in [0.4, 0.5) is 0 Å². The van der Waals surface area contributed by atoms with Gasteiger partial charge in [-0.25, -0.2) is 0 Å². The number of methoxy groups -OCH3 is 2. The Bertz CT molecular complexity index is 1060. The number of benzene rings is 1. The first-order valence-corrected chi connectivity index (χ1v) is 14.3. The quantitative estimate of drug-likeness (QED) is 0.275. The zero-order chi connectivity index (χ0) is 27.2. The zero-order valence-electron chi connectivity index (χ0n) is 23.0. The van der Waals surface area contributed by atoms with Crippen molar-refractivity contribution in [1.82, 2.24) is 0 Å². The smallest absolute Gasteiger partial charge is 0.316 e. The van der Waals surface area contributed by atoms with E-state index in [1.807, 2.05) is 31.2 Å². The Hall–Kier alpha value is -1.99. The molecule has 8 atom stereocenters. The molecular weight excluding hydrogens is 488 g/mol. The maximum absolute atomic E-state index is 13.5. The van der Waals surface area contributed by atoms with Crippen molar-refractivity contribution < 1.29 is 28.9 Å². The highest BCUT2D eigenvalue weighted by Gasteiger charge is 2.68. The van der Waals surface area contributed by atoms with Crippen LogP contribution in [0.3, 0.4) is 0 Å². The molecule has 37 heavy (non-hydrogen) atoms. The van der Waals surface area contributed by atoms with Crippen molar-refractivity contribution in [3.63, 3.8) is 0 Å². The fourth-order valence-corrected chi connectivity index (χ4v) is 8.45. The predicted octanol–water partition coefficient (Wildman–Crippen LogP) is 5.70. The molecule has 0 spiro atoms. The van der Waals surface area contributed by atoms with Gasteiger partial charge in [0, 0.05) is 28.1 Å². The van der Waals surface area contributed by atoms with Crippen LogP contribution in [-0.2, 0) is 14.3 Å². The monoisotopic (exact) mass is 530 g/mol. The minimum absolute atomic E-state index is 0.0453. The Kier molecular flexibility index (Phi) is 7.80. The first-order valence-electron chi connectivity index (χ1n) is 13.4. The highest BCUT2D eigenvalue weighted by Crippen LogP contribution is 2.68. The highest BCUT2D eigenvalue weighted by atomic mass is 32.2. The lowest BCUT2D eigenvalue weighted by molar-refractivity contribution is -0.205. The predicted molar refractivity (Wildman–Crippen MR) is 145 cm³/mol. The number of hydrogen-bond acceptors (Lipinski definition) is 7. The third kappa shape index (κ3) is 4.50. The number of ketones is 1. The van der Waals surface area contributed by atoms with Crippen molar-refractivity contribution in [2.45, 2.75) is 76.9 Å². The Morgan fingerprint density at radius 2 is 1.89 bits per heavy atom. The molecule has 1 N–H and O–H groups in total. The van der Waals surface area contributed by atoms with E-state index in [0.717, 1.165) is 24.2 Å². The SMILES string of the molecule is C=C[C@]1(C)C[C@H](OC(=O)CSc2ccc(OC)c(OC)c2)[C@]2(C)C(C)CCC3(CCC(=O)C32)[C@@H](C)[C@@H]1O. The van der Waals surface area contributed by atoms with Gasteiger partial charge in [0.05, 0.1) is 26.1 Å². The summed E-state index contributed by atoms with van der Waals surface area (Å²) >= 11 is 1.38. The number of rotatable bonds is 7. The van der Waals surface area contributed by atoms with Crippen LogP contribution in [0.2, 0.25) is 0 Å². The fraction of sp³-hybridized carbons (Fsp3) is 0.667. The lowest BCUT2D eigenvalue weighted by Gasteiger charge is -2.61. The largest absolute Gasteiger partial charge is 0.493 e. The average molecular weight is 531 g/mol. The lowest BCUT2D eigenvalue weighted by atomic mass is 9.44. The summed E-state index contributed by atoms with van der Waals surface area (Å²) in [6, 6.07) is 5.54. The summed E-state index contributed by atoms with van der Waals surface area (Å²) in [6.07, 6.45) is 4.29. The Balaban J connectivity index is 1.64. The molecule has 3 aliphatic carbocycles. The number of ether oxygens (including phenoxy) is 3. The van der Waals surface area contributed by atoms with Crippen molar-refractivity contribution in [2.75, 3.05) is 20.0 Å². The van der Waals surface area contributed by atoms with Crippen LogP contribution in [0.15, 0.2) is 35.7 Å². The highest BCUT2D eigenvalue weighted by molar-refractivity contribution is 8.00. The van der Waals surface area contributed by atoms with E-state index in [-0.39, 0.29) is 40.7 Å². The minimum Gasteiger partial charge on any atom is -0.493 e. The number of thioether (sulfide) groups is 1. The minimum atomic E-state index is -0.668. The molecule has 4 rings (SSSR count). The zero-order valence-corrected chi connectivity index (χ0v) is 23.9. The molecule has 3 unspecified atom stereocenters. The summed E-state index contributed by atoms with van der Waals surface area (Å²) in [5, 5.41) is 11.6. The van der Waals surface area contributed by atoms with E-state index < -0.39 is 23.0 Å². The van der Waals surface area contributed by atoms with E-state index >= 15 is 0 Å². The first kappa shape index (κ1) is 28.0. The molecular formula is C30H42O6S. The Morgan fingerprint density at radius 3 is 2.54 bits per heavy atom. The number of esters is 1. The molecule has 2 bridgehead atoms. The molecule has 0 aliphatic heterocycles. The molecule has 0 aromatic heterocycles. The van der Waals surface area contributed by atoms with Gasteiger partial charge in [-0.2, -0.15) is 0 Å². The number of carbonyl (C=O) groups excluding carboxylic acids is 2. The van der Waals surface area contributed by atoms with E-state index in [0.29, 0.717) is 24.3 Å². The number of Topliss-reactive ketones (excluding diaryl/α,β-unsaturated/α-hetero) is 1. The molecule has 3 aliphatic rings. The van der Waals surface area contributed by atoms with Crippen LogP contribution in [0.25, 0.3) is 0 Å². The van der Waals surface area contributed by atoms with Crippen LogP contribution < -0.4 is 9.47 Å². The number of aliphatic hydroxyl groups excluding tert-OH is 1. The molecule has 0 heterocycles. The fourth-order valence-electron chi connectivity index (χ4n) is 7.74. The Morgan fingerprint density at radius 1 is 1.19 bits per heavy atom. The van der Waals surface area contributed by atoms with Gasteiger partial charge in [-0.3, -0.25) is 9.59 Å². The van der Waals surface area contributed by atoms with Crippen molar-refractivity contribution in [2.24, 2.45) is 34.0 Å². The van der Waals surface area contributed by atoms with E-state index in [1.54, 1.807) is 14.2 Å². The third-order valence-corrected chi connectivity index (χ3v) is 11.3. The summed E-state index contributed by atoms with van der Waals surface area (Å²) in [5.74, 6) is 1.24. The molecule has 0 amide bonds. The van der Waals surface area contributed by atoms with Crippen LogP contribution >= 0.6 is 11.8 Å². The van der Waals surface area contributed by atoms with Gasteiger partial charge in [-0.1, -0.05) is 33.8 Å². The van der Waals surface area contributed by atoms with Gasteiger partial charge in [0.1, 0.15) is 11.9 Å². The van der Waals surface area contributed by atoms with Gasteiger partial charge in [0.25, 0.3) is 0 Å². The van der Waals surface area contributed by atoms with E-state index in [1.165, 1.54) is 11.8 Å². The Labute approximate surface area is 225 Å². The average Bonchev–Trinajstić information content (AvgIpc) is 3.25. The van der Waals surface area contributed by atoms with Crippen molar-refractivity contribution in [1.29, 1.82) is 0 Å². The van der Waals surface area contributed by atoms with Crippen LogP contribution in [0.1, 0.15) is 59.8 Å². The van der Waals surface area contributed by atoms with Gasteiger partial charge in [-0.05, 0) is 61.1 Å². The second-order valence-corrected chi connectivity index (χ2v) is 12.9. The number of carbonyl (C=O) groups is 2. The van der Waals surface area contributed by atoms with Crippen molar-refractivity contribution in [3.8, 4) is 11.5 Å². The van der Waals surface area contributed by atoms with E-state index in [2.05, 4.69) is 27.4 Å². The summed E-state index contributed by atoms with van der Waals surface area (Å²) in [5.41, 5.74) is -1.42. The molecule has 7 heteroatoms. The second-order valence-electron chi connectivity index (χ2n) is 11.9. The standard InChI is InChI=1S/C30H42O6S/c1-8-28(4)16-24(36-25(32)17-37-20-9-10-22(34-6)23(15-20)35-7)29(5)18(2)11-13-30(19(3)27(28)33)14-12-21(31)26(29)30/h8-10,15,18-19,24,26-27,33H,1,11-14,16-17H2,2-7H3/t18?,19-,24-,26?,27-,28+,29-,30?/m0/s1. The first-order chi connectivity index (χ1) is 17.5. The van der Waals surface area contributed by atoms with E-state index in [9.17, 15) is 14.7 Å². The van der Waals surface area contributed by atoms with Gasteiger partial charge >= 0.3 is 5.97 Å². The topological polar surface area (TPSA) is 82.1 Å². The molecule has 3 fully saturated rings. The van der Waals surface area contributed by atoms with Crippen LogP contribution in [0.5, 0.6) is 11.5 Å².